The van der Waals surface area contributed by atoms with Crippen molar-refractivity contribution in [3.63, 3.8) is 0 Å². The van der Waals surface area contributed by atoms with Crippen molar-refractivity contribution in [2.75, 3.05) is 18.1 Å². The van der Waals surface area contributed by atoms with Gasteiger partial charge in [0, 0.05) is 23.7 Å². The summed E-state index contributed by atoms with van der Waals surface area (Å²) in [5, 5.41) is 13.5. The second kappa shape index (κ2) is 9.96. The normalized spacial score (nSPS) is 16.8. The molecule has 0 saturated heterocycles. The van der Waals surface area contributed by atoms with Crippen molar-refractivity contribution in [1.29, 1.82) is 0 Å². The third-order valence-corrected chi connectivity index (χ3v) is 6.16. The lowest BCUT2D eigenvalue weighted by atomic mass is 10.0. The van der Waals surface area contributed by atoms with Crippen molar-refractivity contribution in [1.82, 2.24) is 15.6 Å². The van der Waals surface area contributed by atoms with Crippen molar-refractivity contribution in [3.8, 4) is 0 Å². The lowest BCUT2D eigenvalue weighted by Crippen LogP contribution is -2.49. The molecule has 5 N–H and O–H groups in total. The average molecular weight is 490 g/mol. The number of amides is 3. The lowest BCUT2D eigenvalue weighted by Gasteiger charge is -2.26. The van der Waals surface area contributed by atoms with E-state index >= 15 is 0 Å². The number of nitrogens with two attached hydrogens (primary N) is 1. The van der Waals surface area contributed by atoms with Crippen LogP contribution in [-0.4, -0.2) is 46.9 Å². The van der Waals surface area contributed by atoms with Gasteiger partial charge in [-0.15, -0.1) is 0 Å². The first-order valence-corrected chi connectivity index (χ1v) is 11.2. The standard InChI is InChI=1S/C23H25ClFN5O4/c24-17-3-1-2-14(21(17)25)9-27-19(32)10-29(15-5-6-15)20(33)11-30-18-7-4-13(12-31)8-16(18)22(28-30)23(26)34/h1-4,7-8,15,22,28,31H,5-6,9-12H2,(H2,26,34)(H,27,32). The molecule has 9 nitrogen and oxygen atoms in total. The second-order valence-electron chi connectivity index (χ2n) is 8.34. The van der Waals surface area contributed by atoms with Gasteiger partial charge in [-0.2, -0.15) is 0 Å². The van der Waals surface area contributed by atoms with E-state index in [2.05, 4.69) is 10.7 Å². The number of anilines is 1. The van der Waals surface area contributed by atoms with Crippen LogP contribution in [0.15, 0.2) is 36.4 Å². The summed E-state index contributed by atoms with van der Waals surface area (Å²) in [5.41, 5.74) is 10.5. The van der Waals surface area contributed by atoms with Gasteiger partial charge < -0.3 is 21.1 Å². The fraction of sp³-hybridized carbons (Fsp3) is 0.348. The van der Waals surface area contributed by atoms with Gasteiger partial charge in [-0.05, 0) is 36.6 Å². The number of carbonyl (C=O) groups is 3. The molecule has 1 saturated carbocycles. The van der Waals surface area contributed by atoms with E-state index in [0.717, 1.165) is 12.8 Å². The highest BCUT2D eigenvalue weighted by molar-refractivity contribution is 6.30. The van der Waals surface area contributed by atoms with Crippen molar-refractivity contribution in [3.05, 3.63) is 63.9 Å². The summed E-state index contributed by atoms with van der Waals surface area (Å²) in [6, 6.07) is 8.74. The Balaban J connectivity index is 1.41. The zero-order chi connectivity index (χ0) is 24.4. The number of hydrogen-bond acceptors (Lipinski definition) is 6. The van der Waals surface area contributed by atoms with Crippen LogP contribution in [-0.2, 0) is 27.5 Å². The van der Waals surface area contributed by atoms with E-state index in [1.807, 2.05) is 0 Å². The van der Waals surface area contributed by atoms with Gasteiger partial charge in [0.05, 0.1) is 23.9 Å². The van der Waals surface area contributed by atoms with Crippen LogP contribution < -0.4 is 21.5 Å². The molecule has 0 radical (unpaired) electrons. The number of fused-ring (bicyclic) bond motifs is 1. The van der Waals surface area contributed by atoms with Crippen LogP contribution in [0.2, 0.25) is 5.02 Å². The first kappa shape index (κ1) is 23.9. The molecule has 34 heavy (non-hydrogen) atoms. The molecule has 0 spiro atoms. The highest BCUT2D eigenvalue weighted by Gasteiger charge is 2.37. The molecule has 1 unspecified atom stereocenters. The van der Waals surface area contributed by atoms with Crippen molar-refractivity contribution in [2.24, 2.45) is 5.73 Å². The summed E-state index contributed by atoms with van der Waals surface area (Å²) in [5.74, 6) is -1.93. The summed E-state index contributed by atoms with van der Waals surface area (Å²) in [6.45, 7) is -0.537. The Morgan fingerprint density at radius 1 is 1.26 bits per heavy atom. The number of nitrogens with one attached hydrogen (secondary N) is 2. The summed E-state index contributed by atoms with van der Waals surface area (Å²) < 4.78 is 14.1. The molecule has 0 aromatic heterocycles. The molecule has 2 aromatic rings. The fourth-order valence-electron chi connectivity index (χ4n) is 3.94. The Labute approximate surface area is 200 Å². The van der Waals surface area contributed by atoms with Gasteiger partial charge in [0.15, 0.2) is 0 Å². The number of halogens is 2. The molecule has 1 heterocycles. The van der Waals surface area contributed by atoms with E-state index in [-0.39, 0.29) is 48.8 Å². The summed E-state index contributed by atoms with van der Waals surface area (Å²) >= 11 is 5.78. The van der Waals surface area contributed by atoms with Gasteiger partial charge >= 0.3 is 0 Å². The van der Waals surface area contributed by atoms with Crippen LogP contribution >= 0.6 is 11.6 Å². The zero-order valence-corrected chi connectivity index (χ0v) is 19.0. The average Bonchev–Trinajstić information content (AvgIpc) is 3.59. The first-order valence-electron chi connectivity index (χ1n) is 10.8. The van der Waals surface area contributed by atoms with E-state index in [9.17, 15) is 23.9 Å². The molecular weight excluding hydrogens is 465 g/mol. The summed E-state index contributed by atoms with van der Waals surface area (Å²) in [7, 11) is 0. The van der Waals surface area contributed by atoms with Crippen molar-refractivity contribution in [2.45, 2.75) is 38.1 Å². The zero-order valence-electron chi connectivity index (χ0n) is 18.3. The van der Waals surface area contributed by atoms with E-state index < -0.39 is 23.7 Å². The van der Waals surface area contributed by atoms with E-state index in [0.29, 0.717) is 16.8 Å². The van der Waals surface area contributed by atoms with Gasteiger partial charge in [-0.1, -0.05) is 29.8 Å². The fourth-order valence-corrected chi connectivity index (χ4v) is 4.14. The Hall–Kier alpha value is -3.21. The number of primary amides is 1. The lowest BCUT2D eigenvalue weighted by molar-refractivity contribution is -0.135. The molecule has 2 aromatic carbocycles. The van der Waals surface area contributed by atoms with Gasteiger partial charge in [0.25, 0.3) is 0 Å². The molecule has 1 aliphatic heterocycles. The van der Waals surface area contributed by atoms with Gasteiger partial charge in [-0.25, -0.2) is 9.82 Å². The maximum atomic E-state index is 14.1. The Kier molecular flexibility index (Phi) is 7.01. The number of benzene rings is 2. The second-order valence-corrected chi connectivity index (χ2v) is 8.75. The van der Waals surface area contributed by atoms with Crippen LogP contribution in [0.1, 0.15) is 35.6 Å². The number of rotatable bonds is 9. The van der Waals surface area contributed by atoms with Gasteiger partial charge in [0.1, 0.15) is 18.4 Å². The molecule has 11 heteroatoms. The molecule has 180 valence electrons. The van der Waals surface area contributed by atoms with Crippen molar-refractivity contribution < 1.29 is 23.9 Å². The van der Waals surface area contributed by atoms with Crippen molar-refractivity contribution >= 4 is 35.0 Å². The number of aliphatic hydroxyl groups excluding tert-OH is 1. The molecule has 1 aliphatic carbocycles. The molecule has 0 bridgehead atoms. The third-order valence-electron chi connectivity index (χ3n) is 5.87. The van der Waals surface area contributed by atoms with Crippen LogP contribution in [0.25, 0.3) is 0 Å². The highest BCUT2D eigenvalue weighted by Crippen LogP contribution is 2.34. The topological polar surface area (TPSA) is 128 Å². The van der Waals surface area contributed by atoms with E-state index in [4.69, 9.17) is 17.3 Å². The Bertz CT molecular complexity index is 1130. The van der Waals surface area contributed by atoms with Crippen LogP contribution in [0.3, 0.4) is 0 Å². The minimum atomic E-state index is -0.834. The smallest absolute Gasteiger partial charge is 0.244 e. The third kappa shape index (κ3) is 5.14. The SMILES string of the molecule is NC(=O)C1NN(CC(=O)N(CC(=O)NCc2cccc(Cl)c2F)C2CC2)c2ccc(CO)cc21. The van der Waals surface area contributed by atoms with Crippen LogP contribution in [0.4, 0.5) is 10.1 Å². The van der Waals surface area contributed by atoms with E-state index in [1.165, 1.54) is 22.0 Å². The predicted octanol–water partition coefficient (Wildman–Crippen LogP) is 1.13. The monoisotopic (exact) mass is 489 g/mol. The first-order chi connectivity index (χ1) is 16.3. The van der Waals surface area contributed by atoms with Crippen LogP contribution in [0.5, 0.6) is 0 Å². The Morgan fingerprint density at radius 2 is 2.03 bits per heavy atom. The Morgan fingerprint density at radius 3 is 2.71 bits per heavy atom. The number of aliphatic hydroxyl groups is 1. The minimum Gasteiger partial charge on any atom is -0.392 e. The molecular formula is C23H25ClFN5O4. The molecule has 1 atom stereocenters. The molecule has 3 amide bonds. The maximum absolute atomic E-state index is 14.1. The highest BCUT2D eigenvalue weighted by atomic mass is 35.5. The quantitative estimate of drug-likeness (QED) is 0.418. The minimum absolute atomic E-state index is 0.0275. The number of hydrazine groups is 1. The number of hydrogen-bond donors (Lipinski definition) is 4. The maximum Gasteiger partial charge on any atom is 0.244 e. The van der Waals surface area contributed by atoms with Crippen LogP contribution in [0, 0.1) is 5.82 Å². The molecule has 4 rings (SSSR count). The predicted molar refractivity (Wildman–Crippen MR) is 123 cm³/mol. The van der Waals surface area contributed by atoms with Gasteiger partial charge in [0.2, 0.25) is 17.7 Å². The van der Waals surface area contributed by atoms with E-state index in [1.54, 1.807) is 24.3 Å². The molecule has 1 fully saturated rings. The summed E-state index contributed by atoms with van der Waals surface area (Å²) in [6.07, 6.45) is 1.57. The molecule has 2 aliphatic rings. The number of nitrogens with zero attached hydrogens (tertiary/aromatic N) is 2. The largest absolute Gasteiger partial charge is 0.392 e. The van der Waals surface area contributed by atoms with Gasteiger partial charge in [-0.3, -0.25) is 19.4 Å². The number of carbonyl (C=O) groups excluding carboxylic acids is 3. The summed E-state index contributed by atoms with van der Waals surface area (Å²) in [4.78, 5) is 39.1.